The molecular weight excluding hydrogens is 429 g/mol. The molecule has 0 saturated carbocycles. The first-order valence-electron chi connectivity index (χ1n) is 8.13. The van der Waals surface area contributed by atoms with Crippen molar-refractivity contribution in [1.29, 1.82) is 0 Å². The van der Waals surface area contributed by atoms with Gasteiger partial charge < -0.3 is 20.7 Å². The van der Waals surface area contributed by atoms with Crippen LogP contribution in [0.5, 0.6) is 0 Å². The normalized spacial score (nSPS) is 13.7. The van der Waals surface area contributed by atoms with Crippen LogP contribution >= 0.6 is 48.6 Å². The quantitative estimate of drug-likeness (QED) is 0.632. The number of nitrogens with zero attached hydrogens (tertiary/aromatic N) is 3. The minimum Gasteiger partial charge on any atom is -0.412 e. The lowest BCUT2D eigenvalue weighted by Gasteiger charge is -2.24. The number of nitrogens with one attached hydrogen (secondary N) is 2. The smallest absolute Gasteiger partial charge is 0.204 e. The number of hydrogen-bond acceptors (Lipinski definition) is 5. The molecule has 0 atom stereocenters. The summed E-state index contributed by atoms with van der Waals surface area (Å²) in [7, 11) is 0. The molecule has 1 saturated heterocycles. The predicted octanol–water partition coefficient (Wildman–Crippen LogP) is 3.45. The van der Waals surface area contributed by atoms with E-state index in [1.165, 1.54) is 0 Å². The fraction of sp³-hybridized carbons (Fsp3) is 0.412. The first-order chi connectivity index (χ1) is 11.3. The molecule has 3 heterocycles. The highest BCUT2D eigenvalue weighted by Crippen LogP contribution is 2.23. The lowest BCUT2D eigenvalue weighted by atomic mass is 10.1. The molecule has 0 unspecified atom stereocenters. The number of benzene rings is 1. The Bertz CT molecular complexity index is 820. The van der Waals surface area contributed by atoms with Crippen LogP contribution in [-0.4, -0.2) is 39.1 Å². The van der Waals surface area contributed by atoms with Crippen LogP contribution in [0.15, 0.2) is 29.6 Å². The zero-order valence-electron chi connectivity index (χ0n) is 15.0. The maximum Gasteiger partial charge on any atom is 0.204 e. The minimum atomic E-state index is 0. The Morgan fingerprint density at radius 1 is 1.15 bits per heavy atom. The van der Waals surface area contributed by atoms with Gasteiger partial charge in [-0.25, -0.2) is 9.97 Å². The standard InChI is InChI=1S/C17H21N5S.3ClH.H2O/c1-12-19-14(11-23-12)10-22-16-5-3-2-4-15(16)21-17(22)20-13-6-8-18-9-7-13;;;;/h2-5,11,13,18H,6-10H2,1H3,(H,20,21);3*1H;1H2. The van der Waals surface area contributed by atoms with E-state index in [9.17, 15) is 0 Å². The Hall–Kier alpha value is -1.09. The van der Waals surface area contributed by atoms with Crippen LogP contribution < -0.4 is 10.6 Å². The molecule has 0 amide bonds. The zero-order chi connectivity index (χ0) is 15.6. The molecule has 0 radical (unpaired) electrons. The number of aromatic nitrogens is 3. The molecule has 1 aliphatic rings. The van der Waals surface area contributed by atoms with E-state index in [2.05, 4.69) is 43.8 Å². The van der Waals surface area contributed by atoms with E-state index in [1.54, 1.807) is 11.3 Å². The van der Waals surface area contributed by atoms with Gasteiger partial charge in [-0.15, -0.1) is 48.6 Å². The summed E-state index contributed by atoms with van der Waals surface area (Å²) in [6.45, 7) is 4.96. The van der Waals surface area contributed by atoms with Crippen molar-refractivity contribution in [2.45, 2.75) is 32.4 Å². The van der Waals surface area contributed by atoms with Crippen LogP contribution in [0, 0.1) is 6.92 Å². The van der Waals surface area contributed by atoms with Gasteiger partial charge >= 0.3 is 0 Å². The van der Waals surface area contributed by atoms with Crippen molar-refractivity contribution in [1.82, 2.24) is 19.9 Å². The largest absolute Gasteiger partial charge is 0.412 e. The van der Waals surface area contributed by atoms with E-state index in [-0.39, 0.29) is 42.7 Å². The van der Waals surface area contributed by atoms with Gasteiger partial charge in [-0.1, -0.05) is 12.1 Å². The van der Waals surface area contributed by atoms with Gasteiger partial charge in [0.05, 0.1) is 28.3 Å². The molecule has 152 valence electrons. The molecule has 1 aromatic carbocycles. The van der Waals surface area contributed by atoms with Crippen molar-refractivity contribution < 1.29 is 5.48 Å². The van der Waals surface area contributed by atoms with E-state index >= 15 is 0 Å². The molecule has 4 rings (SSSR count). The van der Waals surface area contributed by atoms with Gasteiger partial charge in [0, 0.05) is 11.4 Å². The van der Waals surface area contributed by atoms with Crippen molar-refractivity contribution >= 4 is 65.5 Å². The summed E-state index contributed by atoms with van der Waals surface area (Å²) < 4.78 is 2.26. The van der Waals surface area contributed by atoms with Gasteiger partial charge in [0.25, 0.3) is 0 Å². The van der Waals surface area contributed by atoms with Crippen molar-refractivity contribution in [3.05, 3.63) is 40.3 Å². The molecule has 4 N–H and O–H groups in total. The second-order valence-electron chi connectivity index (χ2n) is 6.04. The monoisotopic (exact) mass is 453 g/mol. The topological polar surface area (TPSA) is 86.3 Å². The molecule has 2 aromatic heterocycles. The first kappa shape index (κ1) is 25.9. The molecule has 3 aromatic rings. The van der Waals surface area contributed by atoms with Gasteiger partial charge in [-0.05, 0) is 45.0 Å². The average Bonchev–Trinajstić information content (AvgIpc) is 3.13. The molecule has 1 fully saturated rings. The van der Waals surface area contributed by atoms with E-state index in [0.29, 0.717) is 6.04 Å². The van der Waals surface area contributed by atoms with Crippen LogP contribution in [0.2, 0.25) is 0 Å². The van der Waals surface area contributed by atoms with E-state index in [4.69, 9.17) is 4.98 Å². The van der Waals surface area contributed by atoms with Crippen LogP contribution in [0.1, 0.15) is 23.5 Å². The van der Waals surface area contributed by atoms with Gasteiger partial charge in [-0.2, -0.15) is 0 Å². The van der Waals surface area contributed by atoms with Gasteiger partial charge in [0.1, 0.15) is 0 Å². The Kier molecular flexibility index (Phi) is 11.2. The maximum atomic E-state index is 4.82. The highest BCUT2D eigenvalue weighted by Gasteiger charge is 2.17. The third-order valence-corrected chi connectivity index (χ3v) is 5.14. The Labute approximate surface area is 181 Å². The third-order valence-electron chi connectivity index (χ3n) is 4.31. The Morgan fingerprint density at radius 3 is 2.52 bits per heavy atom. The molecule has 27 heavy (non-hydrogen) atoms. The molecule has 6 nitrogen and oxygen atoms in total. The zero-order valence-corrected chi connectivity index (χ0v) is 18.2. The highest BCUT2D eigenvalue weighted by atomic mass is 35.5. The molecule has 1 aliphatic heterocycles. The molecule has 0 spiro atoms. The van der Waals surface area contributed by atoms with E-state index in [1.807, 2.05) is 13.0 Å². The second kappa shape index (κ2) is 11.7. The van der Waals surface area contributed by atoms with Crippen LogP contribution in [0.25, 0.3) is 11.0 Å². The lowest BCUT2D eigenvalue weighted by molar-refractivity contribution is 0.476. The SMILES string of the molecule is Cc1nc(Cn2c(NC3CCNCC3)nc3ccccc32)cs1.Cl.Cl.Cl.O. The maximum absolute atomic E-state index is 4.82. The van der Waals surface area contributed by atoms with Crippen molar-refractivity contribution in [3.63, 3.8) is 0 Å². The molecule has 0 bridgehead atoms. The molecule has 0 aliphatic carbocycles. The average molecular weight is 455 g/mol. The summed E-state index contributed by atoms with van der Waals surface area (Å²) in [6.07, 6.45) is 2.28. The molecule has 10 heteroatoms. The number of rotatable bonds is 4. The van der Waals surface area contributed by atoms with Gasteiger partial charge in [0.2, 0.25) is 5.95 Å². The number of hydrogen-bond donors (Lipinski definition) is 2. The van der Waals surface area contributed by atoms with E-state index in [0.717, 1.165) is 60.2 Å². The predicted molar refractivity (Wildman–Crippen MR) is 121 cm³/mol. The minimum absolute atomic E-state index is 0. The number of fused-ring (bicyclic) bond motifs is 1. The number of thiazole rings is 1. The van der Waals surface area contributed by atoms with Gasteiger partial charge in [-0.3, -0.25) is 0 Å². The highest BCUT2D eigenvalue weighted by molar-refractivity contribution is 7.09. The number of aryl methyl sites for hydroxylation is 1. The number of para-hydroxylation sites is 2. The number of anilines is 1. The second-order valence-corrected chi connectivity index (χ2v) is 7.10. The Morgan fingerprint density at radius 2 is 1.85 bits per heavy atom. The number of imidazole rings is 1. The Balaban J connectivity index is 0.00000169. The number of halogens is 3. The van der Waals surface area contributed by atoms with Crippen molar-refractivity contribution in [2.24, 2.45) is 0 Å². The third kappa shape index (κ3) is 5.94. The summed E-state index contributed by atoms with van der Waals surface area (Å²) in [4.78, 5) is 9.43. The lowest BCUT2D eigenvalue weighted by Crippen LogP contribution is -2.36. The van der Waals surface area contributed by atoms with Gasteiger partial charge in [0.15, 0.2) is 0 Å². The van der Waals surface area contributed by atoms with Crippen LogP contribution in [0.3, 0.4) is 0 Å². The summed E-state index contributed by atoms with van der Waals surface area (Å²) in [5.41, 5.74) is 3.30. The fourth-order valence-corrected chi connectivity index (χ4v) is 3.74. The van der Waals surface area contributed by atoms with Crippen molar-refractivity contribution in [2.75, 3.05) is 18.4 Å². The van der Waals surface area contributed by atoms with Crippen molar-refractivity contribution in [3.8, 4) is 0 Å². The van der Waals surface area contributed by atoms with E-state index < -0.39 is 0 Å². The first-order valence-corrected chi connectivity index (χ1v) is 9.01. The summed E-state index contributed by atoms with van der Waals surface area (Å²) in [6, 6.07) is 8.81. The summed E-state index contributed by atoms with van der Waals surface area (Å²) in [5.74, 6) is 0.962. The summed E-state index contributed by atoms with van der Waals surface area (Å²) >= 11 is 1.70. The number of piperidine rings is 1. The summed E-state index contributed by atoms with van der Waals surface area (Å²) in [5, 5.41) is 10.3. The fourth-order valence-electron chi connectivity index (χ4n) is 3.14. The van der Waals surface area contributed by atoms with Crippen LogP contribution in [0.4, 0.5) is 5.95 Å². The van der Waals surface area contributed by atoms with Crippen LogP contribution in [-0.2, 0) is 6.54 Å². The molecular formula is C17H26Cl3N5OS.